The topological polar surface area (TPSA) is 54.4 Å². The van der Waals surface area contributed by atoms with Gasteiger partial charge in [0.2, 0.25) is 0 Å². The average Bonchev–Trinajstić information content (AvgIpc) is 2.94. The van der Waals surface area contributed by atoms with Gasteiger partial charge in [0, 0.05) is 38.1 Å². The smallest absolute Gasteiger partial charge is 0.416 e. The SMILES string of the molecule is O=C(COc1ccc(CCC=NOCc2ccccc2)cc1)N1CCN(c2cccc(C(F)(F)F)c2)CC1. The van der Waals surface area contributed by atoms with E-state index in [2.05, 4.69) is 5.16 Å². The highest BCUT2D eigenvalue weighted by molar-refractivity contribution is 5.78. The molecule has 0 unspecified atom stereocenters. The fourth-order valence-electron chi connectivity index (χ4n) is 4.10. The van der Waals surface area contributed by atoms with E-state index in [-0.39, 0.29) is 12.5 Å². The molecule has 1 aliphatic rings. The van der Waals surface area contributed by atoms with Crippen molar-refractivity contribution in [2.45, 2.75) is 25.6 Å². The minimum absolute atomic E-state index is 0.0890. The zero-order chi connectivity index (χ0) is 26.8. The predicted octanol–water partition coefficient (Wildman–Crippen LogP) is 5.57. The molecule has 0 atom stereocenters. The molecular formula is C29H30F3N3O3. The van der Waals surface area contributed by atoms with Gasteiger partial charge in [0.05, 0.1) is 5.56 Å². The Hall–Kier alpha value is -4.01. The zero-order valence-corrected chi connectivity index (χ0v) is 20.9. The van der Waals surface area contributed by atoms with Gasteiger partial charge in [0.25, 0.3) is 5.91 Å². The van der Waals surface area contributed by atoms with E-state index in [1.165, 1.54) is 6.07 Å². The molecule has 0 N–H and O–H groups in total. The lowest BCUT2D eigenvalue weighted by Crippen LogP contribution is -2.50. The number of oxime groups is 1. The van der Waals surface area contributed by atoms with Gasteiger partial charge < -0.3 is 19.4 Å². The molecule has 200 valence electrons. The van der Waals surface area contributed by atoms with Crippen LogP contribution in [0.3, 0.4) is 0 Å². The van der Waals surface area contributed by atoms with Crippen LogP contribution in [0.15, 0.2) is 84.0 Å². The number of carbonyl (C=O) groups excluding carboxylic acids is 1. The summed E-state index contributed by atoms with van der Waals surface area (Å²) in [6.07, 6.45) is -1.10. The molecular weight excluding hydrogens is 495 g/mol. The van der Waals surface area contributed by atoms with Crippen LogP contribution in [0.1, 0.15) is 23.1 Å². The maximum absolute atomic E-state index is 13.0. The largest absolute Gasteiger partial charge is 0.484 e. The first-order valence-electron chi connectivity index (χ1n) is 12.5. The van der Waals surface area contributed by atoms with E-state index in [0.717, 1.165) is 36.1 Å². The Morgan fingerprint density at radius 1 is 0.895 bits per heavy atom. The van der Waals surface area contributed by atoms with Crippen LogP contribution in [-0.4, -0.2) is 49.8 Å². The van der Waals surface area contributed by atoms with Crippen LogP contribution in [-0.2, 0) is 28.8 Å². The van der Waals surface area contributed by atoms with Crippen LogP contribution in [0, 0.1) is 0 Å². The van der Waals surface area contributed by atoms with Crippen molar-refractivity contribution in [1.29, 1.82) is 0 Å². The number of carbonyl (C=O) groups is 1. The molecule has 1 fully saturated rings. The van der Waals surface area contributed by atoms with E-state index in [9.17, 15) is 18.0 Å². The summed E-state index contributed by atoms with van der Waals surface area (Å²) in [5.74, 6) is 0.453. The van der Waals surface area contributed by atoms with Crippen molar-refractivity contribution in [2.24, 2.45) is 5.16 Å². The molecule has 0 saturated carbocycles. The number of anilines is 1. The van der Waals surface area contributed by atoms with E-state index in [1.54, 1.807) is 17.2 Å². The number of benzene rings is 3. The first-order valence-corrected chi connectivity index (χ1v) is 12.5. The third-order valence-electron chi connectivity index (χ3n) is 6.24. The summed E-state index contributed by atoms with van der Waals surface area (Å²) < 4.78 is 44.7. The first kappa shape index (κ1) is 27.0. The van der Waals surface area contributed by atoms with Crippen LogP contribution in [0.25, 0.3) is 0 Å². The van der Waals surface area contributed by atoms with Crippen molar-refractivity contribution in [3.05, 3.63) is 95.6 Å². The minimum Gasteiger partial charge on any atom is -0.484 e. The Labute approximate surface area is 220 Å². The van der Waals surface area contributed by atoms with Crippen molar-refractivity contribution in [3.63, 3.8) is 0 Å². The predicted molar refractivity (Wildman–Crippen MR) is 140 cm³/mol. The number of hydrogen-bond acceptors (Lipinski definition) is 5. The molecule has 9 heteroatoms. The Morgan fingerprint density at radius 3 is 2.34 bits per heavy atom. The molecule has 6 nitrogen and oxygen atoms in total. The van der Waals surface area contributed by atoms with Gasteiger partial charge in [-0.1, -0.05) is 53.7 Å². The molecule has 4 rings (SSSR count). The standard InChI is InChI=1S/C29H30F3N3O3/c30-29(31,32)25-9-4-10-26(20-25)34-16-18-35(19-17-34)28(36)22-37-27-13-11-23(12-14-27)8-5-15-33-38-21-24-6-2-1-3-7-24/h1-4,6-7,9-15,20H,5,8,16-19,21-22H2. The van der Waals surface area contributed by atoms with E-state index in [4.69, 9.17) is 9.57 Å². The number of halogens is 3. The van der Waals surface area contributed by atoms with Crippen molar-refractivity contribution >= 4 is 17.8 Å². The molecule has 1 heterocycles. The Kier molecular flexibility index (Phi) is 9.24. The molecule has 3 aromatic rings. The molecule has 0 spiro atoms. The maximum atomic E-state index is 13.0. The highest BCUT2D eigenvalue weighted by Gasteiger charge is 2.31. The van der Waals surface area contributed by atoms with Gasteiger partial charge in [-0.3, -0.25) is 4.79 Å². The minimum atomic E-state index is -4.38. The number of piperazine rings is 1. The van der Waals surface area contributed by atoms with Crippen LogP contribution >= 0.6 is 0 Å². The molecule has 0 aliphatic carbocycles. The summed E-state index contributed by atoms with van der Waals surface area (Å²) in [7, 11) is 0. The van der Waals surface area contributed by atoms with Crippen LogP contribution in [0.2, 0.25) is 0 Å². The monoisotopic (exact) mass is 525 g/mol. The number of rotatable bonds is 10. The fraction of sp³-hybridized carbons (Fsp3) is 0.310. The van der Waals surface area contributed by atoms with Crippen molar-refractivity contribution in [2.75, 3.05) is 37.7 Å². The lowest BCUT2D eigenvalue weighted by Gasteiger charge is -2.36. The highest BCUT2D eigenvalue weighted by Crippen LogP contribution is 2.31. The van der Waals surface area contributed by atoms with Gasteiger partial charge >= 0.3 is 6.18 Å². The molecule has 38 heavy (non-hydrogen) atoms. The summed E-state index contributed by atoms with van der Waals surface area (Å²) in [5, 5.41) is 3.99. The van der Waals surface area contributed by atoms with Crippen molar-refractivity contribution < 1.29 is 27.5 Å². The van der Waals surface area contributed by atoms with Gasteiger partial charge in [0.1, 0.15) is 12.4 Å². The number of amides is 1. The van der Waals surface area contributed by atoms with Crippen molar-refractivity contribution in [1.82, 2.24) is 4.90 Å². The average molecular weight is 526 g/mol. The Balaban J connectivity index is 1.14. The number of alkyl halides is 3. The normalized spacial score (nSPS) is 14.1. The van der Waals surface area contributed by atoms with Gasteiger partial charge in [-0.15, -0.1) is 0 Å². The lowest BCUT2D eigenvalue weighted by molar-refractivity contribution is -0.137. The summed E-state index contributed by atoms with van der Waals surface area (Å²) in [6.45, 7) is 2.12. The van der Waals surface area contributed by atoms with Crippen LogP contribution in [0.5, 0.6) is 5.75 Å². The van der Waals surface area contributed by atoms with E-state index >= 15 is 0 Å². The second-order valence-electron chi connectivity index (χ2n) is 8.93. The number of hydrogen-bond donors (Lipinski definition) is 0. The molecule has 1 amide bonds. The zero-order valence-electron chi connectivity index (χ0n) is 20.9. The van der Waals surface area contributed by atoms with E-state index in [1.807, 2.05) is 59.5 Å². The summed E-state index contributed by atoms with van der Waals surface area (Å²) in [6, 6.07) is 22.7. The van der Waals surface area contributed by atoms with E-state index < -0.39 is 11.7 Å². The van der Waals surface area contributed by atoms with Crippen molar-refractivity contribution in [3.8, 4) is 5.75 Å². The highest BCUT2D eigenvalue weighted by atomic mass is 19.4. The third kappa shape index (κ3) is 7.99. The number of aryl methyl sites for hydroxylation is 1. The second kappa shape index (κ2) is 13.0. The van der Waals surface area contributed by atoms with Crippen LogP contribution in [0.4, 0.5) is 18.9 Å². The molecule has 3 aromatic carbocycles. The van der Waals surface area contributed by atoms with E-state index in [0.29, 0.717) is 44.2 Å². The van der Waals surface area contributed by atoms with Crippen LogP contribution < -0.4 is 9.64 Å². The second-order valence-corrected chi connectivity index (χ2v) is 8.93. The maximum Gasteiger partial charge on any atom is 0.416 e. The van der Waals surface area contributed by atoms with Gasteiger partial charge in [-0.25, -0.2) is 0 Å². The number of nitrogens with zero attached hydrogens (tertiary/aromatic N) is 3. The lowest BCUT2D eigenvalue weighted by atomic mass is 10.1. The van der Waals surface area contributed by atoms with Gasteiger partial charge in [-0.05, 0) is 54.3 Å². The Morgan fingerprint density at radius 2 is 1.63 bits per heavy atom. The quantitative estimate of drug-likeness (QED) is 0.257. The molecule has 1 saturated heterocycles. The summed E-state index contributed by atoms with van der Waals surface area (Å²) in [4.78, 5) is 21.4. The molecule has 0 aromatic heterocycles. The third-order valence-corrected chi connectivity index (χ3v) is 6.24. The molecule has 0 bridgehead atoms. The Bertz CT molecular complexity index is 1190. The summed E-state index contributed by atoms with van der Waals surface area (Å²) >= 11 is 0. The molecule has 1 aliphatic heterocycles. The fourth-order valence-corrected chi connectivity index (χ4v) is 4.10. The first-order chi connectivity index (χ1) is 18.4. The summed E-state index contributed by atoms with van der Waals surface area (Å²) in [5.41, 5.74) is 2.02. The van der Waals surface area contributed by atoms with Gasteiger partial charge in [-0.2, -0.15) is 13.2 Å². The number of ether oxygens (including phenoxy) is 1. The van der Waals surface area contributed by atoms with Gasteiger partial charge in [0.15, 0.2) is 6.61 Å². The molecule has 0 radical (unpaired) electrons.